The molecule has 26 heavy (non-hydrogen) atoms. The van der Waals surface area contributed by atoms with Crippen molar-refractivity contribution in [2.24, 2.45) is 17.8 Å². The van der Waals surface area contributed by atoms with Crippen molar-refractivity contribution >= 4 is 5.97 Å². The van der Waals surface area contributed by atoms with Gasteiger partial charge in [0.2, 0.25) is 0 Å². The summed E-state index contributed by atoms with van der Waals surface area (Å²) in [6.07, 6.45) is 8.60. The standard InChI is InChI=1S/C22H31NO3/c1-25-19-11-9-18(10-12-19)23-21-17-8-7-16(13-17)20(21)22(24)26-14-15-5-3-2-4-6-15/h2-6,16-21,23H,7-14H2,1H3/t16-,17-,18?,19?,20+,21+/m0/s1. The summed E-state index contributed by atoms with van der Waals surface area (Å²) >= 11 is 0. The SMILES string of the molecule is COC1CCC(N[C@@H]2[C@H]3CC[C@@H](C3)[C@H]2C(=O)OCc2ccccc2)CC1. The summed E-state index contributed by atoms with van der Waals surface area (Å²) in [7, 11) is 1.81. The van der Waals surface area contributed by atoms with Gasteiger partial charge in [-0.3, -0.25) is 4.79 Å². The van der Waals surface area contributed by atoms with Crippen LogP contribution in [0, 0.1) is 17.8 Å². The van der Waals surface area contributed by atoms with E-state index in [1.165, 1.54) is 19.3 Å². The third-order valence-corrected chi connectivity index (χ3v) is 6.85. The number of esters is 1. The van der Waals surface area contributed by atoms with Gasteiger partial charge < -0.3 is 14.8 Å². The highest BCUT2D eigenvalue weighted by atomic mass is 16.5. The van der Waals surface area contributed by atoms with Crippen LogP contribution >= 0.6 is 0 Å². The van der Waals surface area contributed by atoms with E-state index in [1.54, 1.807) is 0 Å². The minimum atomic E-state index is 0.00382. The van der Waals surface area contributed by atoms with E-state index in [2.05, 4.69) is 5.32 Å². The lowest BCUT2D eigenvalue weighted by Crippen LogP contribution is -2.50. The van der Waals surface area contributed by atoms with Crippen molar-refractivity contribution in [2.75, 3.05) is 7.11 Å². The summed E-state index contributed by atoms with van der Waals surface area (Å²) in [6, 6.07) is 10.8. The van der Waals surface area contributed by atoms with Crippen LogP contribution in [0.4, 0.5) is 0 Å². The van der Waals surface area contributed by atoms with Crippen LogP contribution in [0.1, 0.15) is 50.5 Å². The van der Waals surface area contributed by atoms with Crippen molar-refractivity contribution in [3.63, 3.8) is 0 Å². The van der Waals surface area contributed by atoms with Crippen LogP contribution in [0.3, 0.4) is 0 Å². The van der Waals surface area contributed by atoms with Gasteiger partial charge in [0.1, 0.15) is 6.61 Å². The average molecular weight is 357 g/mol. The largest absolute Gasteiger partial charge is 0.461 e. The molecule has 0 heterocycles. The minimum Gasteiger partial charge on any atom is -0.461 e. The summed E-state index contributed by atoms with van der Waals surface area (Å²) in [5, 5.41) is 3.87. The molecule has 4 heteroatoms. The molecule has 4 rings (SSSR count). The second kappa shape index (κ2) is 8.10. The molecule has 142 valence electrons. The molecule has 1 aromatic rings. The molecule has 2 bridgehead atoms. The van der Waals surface area contributed by atoms with E-state index in [0.717, 1.165) is 31.2 Å². The van der Waals surface area contributed by atoms with E-state index in [9.17, 15) is 4.79 Å². The van der Waals surface area contributed by atoms with E-state index in [4.69, 9.17) is 9.47 Å². The normalized spacial score (nSPS) is 36.2. The average Bonchev–Trinajstić information content (AvgIpc) is 3.29. The Kier molecular flexibility index (Phi) is 5.60. The highest BCUT2D eigenvalue weighted by Crippen LogP contribution is 2.49. The Hall–Kier alpha value is -1.39. The van der Waals surface area contributed by atoms with E-state index in [0.29, 0.717) is 36.6 Å². The van der Waals surface area contributed by atoms with Crippen LogP contribution in [-0.2, 0) is 20.9 Å². The zero-order valence-corrected chi connectivity index (χ0v) is 15.7. The predicted molar refractivity (Wildman–Crippen MR) is 101 cm³/mol. The number of nitrogens with one attached hydrogen (secondary N) is 1. The van der Waals surface area contributed by atoms with Gasteiger partial charge >= 0.3 is 5.97 Å². The first-order chi connectivity index (χ1) is 12.7. The zero-order valence-electron chi connectivity index (χ0n) is 15.7. The summed E-state index contributed by atoms with van der Waals surface area (Å²) in [6.45, 7) is 0.388. The van der Waals surface area contributed by atoms with Crippen LogP contribution < -0.4 is 5.32 Å². The second-order valence-corrected chi connectivity index (χ2v) is 8.35. The van der Waals surface area contributed by atoms with Crippen LogP contribution in [0.5, 0.6) is 0 Å². The van der Waals surface area contributed by atoms with Gasteiger partial charge in [-0.1, -0.05) is 30.3 Å². The van der Waals surface area contributed by atoms with Crippen LogP contribution in [-0.4, -0.2) is 31.3 Å². The molecule has 1 aromatic carbocycles. The van der Waals surface area contributed by atoms with Gasteiger partial charge in [-0.2, -0.15) is 0 Å². The third kappa shape index (κ3) is 3.81. The first-order valence-electron chi connectivity index (χ1n) is 10.2. The summed E-state index contributed by atoms with van der Waals surface area (Å²) < 4.78 is 11.2. The molecule has 0 aromatic heterocycles. The Morgan fingerprint density at radius 3 is 2.50 bits per heavy atom. The van der Waals surface area contributed by atoms with Crippen molar-refractivity contribution in [1.29, 1.82) is 0 Å². The van der Waals surface area contributed by atoms with E-state index < -0.39 is 0 Å². The molecule has 3 aliphatic rings. The lowest BCUT2D eigenvalue weighted by atomic mass is 9.82. The Balaban J connectivity index is 1.35. The smallest absolute Gasteiger partial charge is 0.311 e. The number of methoxy groups -OCH3 is 1. The number of hydrogen-bond acceptors (Lipinski definition) is 4. The number of hydrogen-bond donors (Lipinski definition) is 1. The van der Waals surface area contributed by atoms with Crippen LogP contribution in [0.2, 0.25) is 0 Å². The molecule has 3 aliphatic carbocycles. The number of carbonyl (C=O) groups is 1. The lowest BCUT2D eigenvalue weighted by Gasteiger charge is -2.36. The van der Waals surface area contributed by atoms with E-state index in [-0.39, 0.29) is 11.9 Å². The van der Waals surface area contributed by atoms with E-state index >= 15 is 0 Å². The second-order valence-electron chi connectivity index (χ2n) is 8.35. The van der Waals surface area contributed by atoms with Crippen molar-refractivity contribution in [3.8, 4) is 0 Å². The quantitative estimate of drug-likeness (QED) is 0.789. The third-order valence-electron chi connectivity index (χ3n) is 6.85. The number of benzene rings is 1. The summed E-state index contributed by atoms with van der Waals surface area (Å²) in [4.78, 5) is 12.9. The van der Waals surface area contributed by atoms with Gasteiger partial charge in [0.25, 0.3) is 0 Å². The number of carbonyl (C=O) groups excluding carboxylic acids is 1. The molecular formula is C22H31NO3. The number of rotatable bonds is 6. The van der Waals surface area contributed by atoms with Gasteiger partial charge in [-0.15, -0.1) is 0 Å². The summed E-state index contributed by atoms with van der Waals surface area (Å²) in [5.41, 5.74) is 1.06. The first-order valence-corrected chi connectivity index (χ1v) is 10.2. The first kappa shape index (κ1) is 18.0. The van der Waals surface area contributed by atoms with Crippen molar-refractivity contribution in [1.82, 2.24) is 5.32 Å². The molecule has 0 radical (unpaired) electrons. The molecule has 0 amide bonds. The minimum absolute atomic E-state index is 0.00382. The predicted octanol–water partition coefficient (Wildman–Crippen LogP) is 3.69. The monoisotopic (exact) mass is 357 g/mol. The molecule has 0 unspecified atom stereocenters. The molecule has 0 saturated heterocycles. The van der Waals surface area contributed by atoms with Crippen LogP contribution in [0.15, 0.2) is 30.3 Å². The molecule has 3 fully saturated rings. The maximum atomic E-state index is 12.9. The molecule has 4 nitrogen and oxygen atoms in total. The number of ether oxygens (including phenoxy) is 2. The molecule has 0 spiro atoms. The molecule has 4 atom stereocenters. The van der Waals surface area contributed by atoms with Crippen molar-refractivity contribution < 1.29 is 14.3 Å². The number of fused-ring (bicyclic) bond motifs is 2. The maximum absolute atomic E-state index is 12.9. The fraction of sp³-hybridized carbons (Fsp3) is 0.682. The lowest BCUT2D eigenvalue weighted by molar-refractivity contribution is -0.153. The Morgan fingerprint density at radius 1 is 1.04 bits per heavy atom. The highest BCUT2D eigenvalue weighted by molar-refractivity contribution is 5.74. The topological polar surface area (TPSA) is 47.6 Å². The zero-order chi connectivity index (χ0) is 17.9. The molecule has 0 aliphatic heterocycles. The van der Waals surface area contributed by atoms with Gasteiger partial charge in [-0.25, -0.2) is 0 Å². The van der Waals surface area contributed by atoms with Gasteiger partial charge in [-0.05, 0) is 62.3 Å². The fourth-order valence-corrected chi connectivity index (χ4v) is 5.43. The van der Waals surface area contributed by atoms with Gasteiger partial charge in [0.15, 0.2) is 0 Å². The van der Waals surface area contributed by atoms with Crippen molar-refractivity contribution in [2.45, 2.75) is 69.7 Å². The molecule has 1 N–H and O–H groups in total. The summed E-state index contributed by atoms with van der Waals surface area (Å²) in [5.74, 6) is 1.20. The molecular weight excluding hydrogens is 326 g/mol. The van der Waals surface area contributed by atoms with Gasteiger partial charge in [0.05, 0.1) is 12.0 Å². The Labute approximate surface area is 156 Å². The Bertz CT molecular complexity index is 597. The van der Waals surface area contributed by atoms with E-state index in [1.807, 2.05) is 37.4 Å². The van der Waals surface area contributed by atoms with Crippen LogP contribution in [0.25, 0.3) is 0 Å². The highest BCUT2D eigenvalue weighted by Gasteiger charge is 2.52. The molecule has 3 saturated carbocycles. The van der Waals surface area contributed by atoms with Crippen molar-refractivity contribution in [3.05, 3.63) is 35.9 Å². The Morgan fingerprint density at radius 2 is 1.77 bits per heavy atom. The maximum Gasteiger partial charge on any atom is 0.311 e. The van der Waals surface area contributed by atoms with Gasteiger partial charge in [0, 0.05) is 19.2 Å². The fourth-order valence-electron chi connectivity index (χ4n) is 5.43.